The number of nitrogens with zero attached hydrogens (tertiary/aromatic N) is 3. The summed E-state index contributed by atoms with van der Waals surface area (Å²) in [5.41, 5.74) is 3.16. The molecule has 0 saturated carbocycles. The Morgan fingerprint density at radius 3 is 2.59 bits per heavy atom. The second-order valence-corrected chi connectivity index (χ2v) is 7.19. The molecule has 6 heteroatoms. The number of hydrogen-bond acceptors (Lipinski definition) is 4. The number of fused-ring (bicyclic) bond motifs is 1. The lowest BCUT2D eigenvalue weighted by Gasteiger charge is -2.17. The fraction of sp³-hybridized carbons (Fsp3) is 0.333. The number of carbonyl (C=O) groups excluding carboxylic acids is 1. The average Bonchev–Trinajstić information content (AvgIpc) is 3.05. The molecule has 3 rings (SSSR count). The number of carbonyl (C=O) groups is 1. The first kappa shape index (κ1) is 19.3. The lowest BCUT2D eigenvalue weighted by Crippen LogP contribution is -2.27. The van der Waals surface area contributed by atoms with E-state index in [-0.39, 0.29) is 5.91 Å². The molecule has 1 amide bonds. The van der Waals surface area contributed by atoms with Crippen LogP contribution in [-0.2, 0) is 17.9 Å². The van der Waals surface area contributed by atoms with Crippen molar-refractivity contribution in [1.82, 2.24) is 14.5 Å². The summed E-state index contributed by atoms with van der Waals surface area (Å²) >= 11 is 1.49. The summed E-state index contributed by atoms with van der Waals surface area (Å²) in [5.74, 6) is 1.31. The summed E-state index contributed by atoms with van der Waals surface area (Å²) in [6, 6.07) is 15.9. The van der Waals surface area contributed by atoms with E-state index in [1.807, 2.05) is 56.4 Å². The van der Waals surface area contributed by atoms with Crippen molar-refractivity contribution in [3.63, 3.8) is 0 Å². The van der Waals surface area contributed by atoms with Crippen molar-refractivity contribution in [3.05, 3.63) is 54.1 Å². The van der Waals surface area contributed by atoms with Crippen molar-refractivity contribution in [1.29, 1.82) is 0 Å². The standard InChI is InChI=1S/C21H25N3O2S/c1-4-24-19-9-7-6-8-18(19)22-21(24)27-15-20(25)23(3)14-16-10-12-17(13-11-16)26-5-2/h6-13H,4-5,14-15H2,1-3H3. The first-order chi connectivity index (χ1) is 13.1. The van der Waals surface area contributed by atoms with Gasteiger partial charge in [-0.05, 0) is 43.7 Å². The third-order valence-electron chi connectivity index (χ3n) is 4.34. The predicted molar refractivity (Wildman–Crippen MR) is 110 cm³/mol. The Bertz CT molecular complexity index is 905. The highest BCUT2D eigenvalue weighted by Crippen LogP contribution is 2.24. The number of imidazole rings is 1. The Morgan fingerprint density at radius 1 is 1.15 bits per heavy atom. The van der Waals surface area contributed by atoms with Crippen LogP contribution >= 0.6 is 11.8 Å². The fourth-order valence-corrected chi connectivity index (χ4v) is 3.94. The molecule has 27 heavy (non-hydrogen) atoms. The number of ether oxygens (including phenoxy) is 1. The van der Waals surface area contributed by atoms with Gasteiger partial charge in [0.25, 0.3) is 0 Å². The first-order valence-corrected chi connectivity index (χ1v) is 10.1. The second-order valence-electron chi connectivity index (χ2n) is 6.24. The van der Waals surface area contributed by atoms with Gasteiger partial charge in [-0.1, -0.05) is 36.0 Å². The van der Waals surface area contributed by atoms with E-state index in [0.29, 0.717) is 18.9 Å². The molecule has 0 fully saturated rings. The Morgan fingerprint density at radius 2 is 1.89 bits per heavy atom. The number of para-hydroxylation sites is 2. The van der Waals surface area contributed by atoms with Crippen molar-refractivity contribution >= 4 is 28.7 Å². The summed E-state index contributed by atoms with van der Waals surface area (Å²) in [7, 11) is 1.84. The number of aryl methyl sites for hydroxylation is 1. The molecule has 0 bridgehead atoms. The molecular weight excluding hydrogens is 358 g/mol. The van der Waals surface area contributed by atoms with Gasteiger partial charge in [0.2, 0.25) is 5.91 Å². The largest absolute Gasteiger partial charge is 0.494 e. The maximum Gasteiger partial charge on any atom is 0.233 e. The van der Waals surface area contributed by atoms with Gasteiger partial charge in [-0.25, -0.2) is 4.98 Å². The van der Waals surface area contributed by atoms with Crippen molar-refractivity contribution in [2.24, 2.45) is 0 Å². The van der Waals surface area contributed by atoms with E-state index >= 15 is 0 Å². The average molecular weight is 384 g/mol. The van der Waals surface area contributed by atoms with Crippen LogP contribution in [0.25, 0.3) is 11.0 Å². The molecule has 0 radical (unpaired) electrons. The summed E-state index contributed by atoms with van der Waals surface area (Å²) in [4.78, 5) is 19.0. The SMILES string of the molecule is CCOc1ccc(CN(C)C(=O)CSc2nc3ccccc3n2CC)cc1. The lowest BCUT2D eigenvalue weighted by molar-refractivity contribution is -0.127. The van der Waals surface area contributed by atoms with Crippen molar-refractivity contribution in [2.75, 3.05) is 19.4 Å². The Balaban J connectivity index is 1.60. The quantitative estimate of drug-likeness (QED) is 0.547. The van der Waals surface area contributed by atoms with E-state index in [4.69, 9.17) is 4.74 Å². The Labute approximate surface area is 164 Å². The van der Waals surface area contributed by atoms with Gasteiger partial charge in [-0.15, -0.1) is 0 Å². The van der Waals surface area contributed by atoms with Crippen molar-refractivity contribution in [3.8, 4) is 5.75 Å². The second kappa shape index (κ2) is 8.95. The van der Waals surface area contributed by atoms with Gasteiger partial charge in [0.1, 0.15) is 5.75 Å². The first-order valence-electron chi connectivity index (χ1n) is 9.16. The van der Waals surface area contributed by atoms with E-state index in [0.717, 1.165) is 34.0 Å². The van der Waals surface area contributed by atoms with Gasteiger partial charge in [0.05, 0.1) is 23.4 Å². The summed E-state index contributed by atoms with van der Waals surface area (Å²) in [5, 5.41) is 0.890. The zero-order valence-electron chi connectivity index (χ0n) is 16.0. The van der Waals surface area contributed by atoms with E-state index in [1.165, 1.54) is 11.8 Å². The van der Waals surface area contributed by atoms with Gasteiger partial charge < -0.3 is 14.2 Å². The van der Waals surface area contributed by atoms with Crippen LogP contribution in [0, 0.1) is 0 Å². The fourth-order valence-electron chi connectivity index (χ4n) is 2.93. The normalized spacial score (nSPS) is 10.9. The highest BCUT2D eigenvalue weighted by atomic mass is 32.2. The molecular formula is C21H25N3O2S. The minimum atomic E-state index is 0.0867. The molecule has 5 nitrogen and oxygen atoms in total. The Hall–Kier alpha value is -2.47. The van der Waals surface area contributed by atoms with Gasteiger partial charge in [0.15, 0.2) is 5.16 Å². The molecule has 0 aliphatic carbocycles. The minimum absolute atomic E-state index is 0.0867. The monoisotopic (exact) mass is 383 g/mol. The molecule has 1 aromatic heterocycles. The van der Waals surface area contributed by atoms with Gasteiger partial charge in [0, 0.05) is 20.1 Å². The van der Waals surface area contributed by atoms with Crippen LogP contribution in [-0.4, -0.2) is 39.8 Å². The van der Waals surface area contributed by atoms with E-state index in [2.05, 4.69) is 22.5 Å². The summed E-state index contributed by atoms with van der Waals surface area (Å²) in [6.07, 6.45) is 0. The van der Waals surface area contributed by atoms with Gasteiger partial charge in [-0.2, -0.15) is 0 Å². The zero-order valence-corrected chi connectivity index (χ0v) is 16.8. The van der Waals surface area contributed by atoms with Crippen molar-refractivity contribution in [2.45, 2.75) is 32.1 Å². The molecule has 0 spiro atoms. The zero-order chi connectivity index (χ0) is 19.2. The molecule has 0 aliphatic rings. The third-order valence-corrected chi connectivity index (χ3v) is 5.30. The Kier molecular flexibility index (Phi) is 6.40. The molecule has 1 heterocycles. The maximum absolute atomic E-state index is 12.5. The van der Waals surface area contributed by atoms with E-state index in [9.17, 15) is 4.79 Å². The number of amides is 1. The van der Waals surface area contributed by atoms with Crippen LogP contribution in [0.2, 0.25) is 0 Å². The lowest BCUT2D eigenvalue weighted by atomic mass is 10.2. The molecule has 0 N–H and O–H groups in total. The molecule has 2 aromatic carbocycles. The maximum atomic E-state index is 12.5. The number of hydrogen-bond donors (Lipinski definition) is 0. The molecule has 3 aromatic rings. The smallest absolute Gasteiger partial charge is 0.233 e. The molecule has 142 valence electrons. The highest BCUT2D eigenvalue weighted by Gasteiger charge is 2.14. The number of aromatic nitrogens is 2. The van der Waals surface area contributed by atoms with E-state index in [1.54, 1.807) is 4.90 Å². The number of benzene rings is 2. The molecule has 0 unspecified atom stereocenters. The van der Waals surface area contributed by atoms with Crippen LogP contribution in [0.4, 0.5) is 0 Å². The van der Waals surface area contributed by atoms with Gasteiger partial charge in [-0.3, -0.25) is 4.79 Å². The summed E-state index contributed by atoms with van der Waals surface area (Å²) in [6.45, 7) is 6.12. The highest BCUT2D eigenvalue weighted by molar-refractivity contribution is 7.99. The van der Waals surface area contributed by atoms with Crippen LogP contribution < -0.4 is 4.74 Å². The van der Waals surface area contributed by atoms with Gasteiger partial charge >= 0.3 is 0 Å². The molecule has 0 aliphatic heterocycles. The van der Waals surface area contributed by atoms with Crippen molar-refractivity contribution < 1.29 is 9.53 Å². The third kappa shape index (κ3) is 4.63. The van der Waals surface area contributed by atoms with Crippen LogP contribution in [0.15, 0.2) is 53.7 Å². The minimum Gasteiger partial charge on any atom is -0.494 e. The van der Waals surface area contributed by atoms with Crippen LogP contribution in [0.3, 0.4) is 0 Å². The predicted octanol–water partition coefficient (Wildman–Crippen LogP) is 4.21. The van der Waals surface area contributed by atoms with Crippen LogP contribution in [0.1, 0.15) is 19.4 Å². The number of thioether (sulfide) groups is 1. The van der Waals surface area contributed by atoms with Crippen LogP contribution in [0.5, 0.6) is 5.75 Å². The number of rotatable bonds is 8. The van der Waals surface area contributed by atoms with E-state index < -0.39 is 0 Å². The molecule has 0 saturated heterocycles. The molecule has 0 atom stereocenters. The summed E-state index contributed by atoms with van der Waals surface area (Å²) < 4.78 is 7.61. The topological polar surface area (TPSA) is 47.4 Å².